The molecule has 1 unspecified atom stereocenters. The normalized spacial score (nSPS) is 12.9. The number of carbonyl (C=O) groups is 1. The van der Waals surface area contributed by atoms with Gasteiger partial charge in [0, 0.05) is 13.5 Å². The SMILES string of the molecule is C=C(C)c1ccc(C)cc1-c1c(O)cc(CCCCC)cc1OP(=O)(CCCC(C)=O)OC. The monoisotopic (exact) mass is 472 g/mol. The molecule has 33 heavy (non-hydrogen) atoms. The molecular formula is C27H37O5P. The Kier molecular flexibility index (Phi) is 9.94. The van der Waals surface area contributed by atoms with Crippen LogP contribution in [0.25, 0.3) is 16.7 Å². The van der Waals surface area contributed by atoms with E-state index in [1.54, 1.807) is 6.07 Å². The molecule has 2 rings (SSSR count). The van der Waals surface area contributed by atoms with Crippen molar-refractivity contribution in [2.24, 2.45) is 0 Å². The first-order valence-corrected chi connectivity index (χ1v) is 13.3. The third kappa shape index (κ3) is 7.58. The highest BCUT2D eigenvalue weighted by Crippen LogP contribution is 2.53. The summed E-state index contributed by atoms with van der Waals surface area (Å²) in [7, 11) is -2.18. The molecule has 5 nitrogen and oxygen atoms in total. The van der Waals surface area contributed by atoms with Crippen molar-refractivity contribution in [1.29, 1.82) is 0 Å². The lowest BCUT2D eigenvalue weighted by Gasteiger charge is -2.22. The number of rotatable bonds is 13. The molecule has 0 aliphatic rings. The second kappa shape index (κ2) is 12.2. The Morgan fingerprint density at radius 1 is 1.12 bits per heavy atom. The van der Waals surface area contributed by atoms with Gasteiger partial charge in [0.1, 0.15) is 17.3 Å². The van der Waals surface area contributed by atoms with Gasteiger partial charge in [-0.15, -0.1) is 0 Å². The number of aryl methyl sites for hydroxylation is 2. The molecular weight excluding hydrogens is 435 g/mol. The van der Waals surface area contributed by atoms with Crippen LogP contribution in [0, 0.1) is 6.92 Å². The lowest BCUT2D eigenvalue weighted by atomic mass is 9.91. The second-order valence-corrected chi connectivity index (χ2v) is 10.9. The summed E-state index contributed by atoms with van der Waals surface area (Å²) in [6, 6.07) is 9.54. The van der Waals surface area contributed by atoms with E-state index in [-0.39, 0.29) is 17.7 Å². The number of allylic oxidation sites excluding steroid dienone is 1. The van der Waals surface area contributed by atoms with Crippen LogP contribution < -0.4 is 4.52 Å². The molecule has 0 aliphatic carbocycles. The van der Waals surface area contributed by atoms with Crippen LogP contribution in [0.15, 0.2) is 36.9 Å². The van der Waals surface area contributed by atoms with Gasteiger partial charge >= 0.3 is 7.60 Å². The predicted molar refractivity (Wildman–Crippen MR) is 136 cm³/mol. The van der Waals surface area contributed by atoms with Gasteiger partial charge in [-0.2, -0.15) is 0 Å². The first-order valence-electron chi connectivity index (χ1n) is 11.6. The van der Waals surface area contributed by atoms with Gasteiger partial charge in [0.25, 0.3) is 0 Å². The minimum absolute atomic E-state index is 0.0276. The van der Waals surface area contributed by atoms with Gasteiger partial charge in [-0.05, 0) is 68.9 Å². The standard InChI is InChI=1S/C27H37O5P/c1-7-8-9-12-22-17-25(29)27(24-16-20(4)13-14-23(24)19(2)3)26(18-22)32-33(30,31-6)15-10-11-21(5)28/h13-14,16-18,29H,2,7-12,15H2,1,3-6H3. The molecule has 0 spiro atoms. The van der Waals surface area contributed by atoms with Crippen molar-refractivity contribution >= 4 is 19.0 Å². The van der Waals surface area contributed by atoms with Gasteiger partial charge in [-0.25, -0.2) is 4.57 Å². The van der Waals surface area contributed by atoms with Gasteiger partial charge in [-0.1, -0.05) is 55.7 Å². The van der Waals surface area contributed by atoms with E-state index in [0.29, 0.717) is 24.2 Å². The molecule has 2 aromatic rings. The molecule has 180 valence electrons. The predicted octanol–water partition coefficient (Wildman–Crippen LogP) is 7.72. The van der Waals surface area contributed by atoms with Crippen LogP contribution in [0.2, 0.25) is 0 Å². The summed E-state index contributed by atoms with van der Waals surface area (Å²) in [4.78, 5) is 11.4. The number of phenolic OH excluding ortho intramolecular Hbond substituents is 1. The maximum absolute atomic E-state index is 13.4. The Hall–Kier alpha value is -2.36. The van der Waals surface area contributed by atoms with Crippen LogP contribution in [0.4, 0.5) is 0 Å². The fourth-order valence-corrected chi connectivity index (χ4v) is 5.14. The Morgan fingerprint density at radius 3 is 2.45 bits per heavy atom. The summed E-state index contributed by atoms with van der Waals surface area (Å²) in [6.07, 6.45) is 4.76. The van der Waals surface area contributed by atoms with Gasteiger partial charge < -0.3 is 18.9 Å². The fourth-order valence-electron chi connectivity index (χ4n) is 3.81. The van der Waals surface area contributed by atoms with E-state index < -0.39 is 7.60 Å². The van der Waals surface area contributed by atoms with Crippen molar-refractivity contribution in [3.05, 3.63) is 53.6 Å². The Morgan fingerprint density at radius 2 is 1.85 bits per heavy atom. The third-order valence-electron chi connectivity index (χ3n) is 5.59. The molecule has 0 saturated heterocycles. The Labute approximate surface area is 198 Å². The molecule has 6 heteroatoms. The van der Waals surface area contributed by atoms with Crippen molar-refractivity contribution < 1.29 is 23.5 Å². The average molecular weight is 473 g/mol. The molecule has 0 aromatic heterocycles. The number of carbonyl (C=O) groups excluding carboxylic acids is 1. The topological polar surface area (TPSA) is 72.8 Å². The van der Waals surface area contributed by atoms with Crippen LogP contribution >= 0.6 is 7.60 Å². The molecule has 1 N–H and O–H groups in total. The quantitative estimate of drug-likeness (QED) is 0.239. The largest absolute Gasteiger partial charge is 0.507 e. The van der Waals surface area contributed by atoms with Gasteiger partial charge in [0.2, 0.25) is 0 Å². The Bertz CT molecular complexity index is 1040. The summed E-state index contributed by atoms with van der Waals surface area (Å²) in [5.41, 5.74) is 4.89. The molecule has 0 amide bonds. The highest BCUT2D eigenvalue weighted by atomic mass is 31.2. The van der Waals surface area contributed by atoms with Crippen LogP contribution in [0.5, 0.6) is 11.5 Å². The van der Waals surface area contributed by atoms with Crippen LogP contribution in [0.1, 0.15) is 69.6 Å². The van der Waals surface area contributed by atoms with Crippen molar-refractivity contribution in [3.8, 4) is 22.6 Å². The first-order chi connectivity index (χ1) is 15.6. The molecule has 0 fully saturated rings. The van der Waals surface area contributed by atoms with E-state index in [2.05, 4.69) is 13.5 Å². The number of phenols is 1. The number of ketones is 1. The zero-order valence-electron chi connectivity index (χ0n) is 20.6. The number of benzene rings is 2. The summed E-state index contributed by atoms with van der Waals surface area (Å²) in [5, 5.41) is 11.1. The fraction of sp³-hybridized carbons (Fsp3) is 0.444. The Balaban J connectivity index is 2.60. The molecule has 0 bridgehead atoms. The molecule has 0 aliphatic heterocycles. The van der Waals surface area contributed by atoms with Crippen molar-refractivity contribution in [1.82, 2.24) is 0 Å². The van der Waals surface area contributed by atoms with E-state index in [1.165, 1.54) is 14.0 Å². The maximum atomic E-state index is 13.4. The van der Waals surface area contributed by atoms with Crippen LogP contribution in [0.3, 0.4) is 0 Å². The zero-order chi connectivity index (χ0) is 24.6. The first kappa shape index (κ1) is 26.9. The van der Waals surface area contributed by atoms with Gasteiger partial charge in [-0.3, -0.25) is 0 Å². The van der Waals surface area contributed by atoms with Gasteiger partial charge in [0.05, 0.1) is 11.7 Å². The molecule has 0 radical (unpaired) electrons. The minimum atomic E-state index is -3.53. The van der Waals surface area contributed by atoms with E-state index >= 15 is 0 Å². The molecule has 0 saturated carbocycles. The third-order valence-corrected chi connectivity index (χ3v) is 7.49. The second-order valence-electron chi connectivity index (χ2n) is 8.69. The zero-order valence-corrected chi connectivity index (χ0v) is 21.5. The smallest absolute Gasteiger partial charge is 0.378 e. The minimum Gasteiger partial charge on any atom is -0.507 e. The van der Waals surface area contributed by atoms with E-state index in [0.717, 1.165) is 53.5 Å². The highest BCUT2D eigenvalue weighted by molar-refractivity contribution is 7.54. The van der Waals surface area contributed by atoms with E-state index in [1.807, 2.05) is 38.1 Å². The summed E-state index contributed by atoms with van der Waals surface area (Å²) in [6.45, 7) is 11.6. The lowest BCUT2D eigenvalue weighted by Crippen LogP contribution is -2.04. The number of Topliss-reactive ketones (excluding diaryl/α,β-unsaturated/α-hetero) is 1. The van der Waals surface area contributed by atoms with Crippen LogP contribution in [-0.2, 0) is 20.3 Å². The van der Waals surface area contributed by atoms with Crippen molar-refractivity contribution in [3.63, 3.8) is 0 Å². The highest BCUT2D eigenvalue weighted by Gasteiger charge is 2.28. The summed E-state index contributed by atoms with van der Waals surface area (Å²) < 4.78 is 24.8. The van der Waals surface area contributed by atoms with E-state index in [9.17, 15) is 14.5 Å². The number of unbranched alkanes of at least 4 members (excludes halogenated alkanes) is 2. The molecule has 1 atom stereocenters. The van der Waals surface area contributed by atoms with Crippen molar-refractivity contribution in [2.75, 3.05) is 13.3 Å². The molecule has 2 aromatic carbocycles. The molecule has 0 heterocycles. The van der Waals surface area contributed by atoms with Gasteiger partial charge in [0.15, 0.2) is 0 Å². The number of hydrogen-bond acceptors (Lipinski definition) is 5. The summed E-state index contributed by atoms with van der Waals surface area (Å²) >= 11 is 0. The number of hydrogen-bond donors (Lipinski definition) is 1. The van der Waals surface area contributed by atoms with E-state index in [4.69, 9.17) is 9.05 Å². The van der Waals surface area contributed by atoms with Crippen LogP contribution in [-0.4, -0.2) is 24.2 Å². The summed E-state index contributed by atoms with van der Waals surface area (Å²) in [5.74, 6) is 0.417. The van der Waals surface area contributed by atoms with Crippen molar-refractivity contribution in [2.45, 2.75) is 66.2 Å². The average Bonchev–Trinajstić information content (AvgIpc) is 2.73. The number of aromatic hydroxyl groups is 1. The lowest BCUT2D eigenvalue weighted by molar-refractivity contribution is -0.117. The maximum Gasteiger partial charge on any atom is 0.378 e.